The van der Waals surface area contributed by atoms with Gasteiger partial charge in [0.1, 0.15) is 24.4 Å². The Labute approximate surface area is 187 Å². The van der Waals surface area contributed by atoms with Gasteiger partial charge in [-0.15, -0.1) is 0 Å². The van der Waals surface area contributed by atoms with Gasteiger partial charge in [0.15, 0.2) is 6.23 Å². The minimum Gasteiger partial charge on any atom is -0.394 e. The Kier molecular flexibility index (Phi) is 15.9. The van der Waals surface area contributed by atoms with E-state index in [-0.39, 0.29) is 5.91 Å². The summed E-state index contributed by atoms with van der Waals surface area (Å²) in [5, 5.41) is 41.1. The highest BCUT2D eigenvalue weighted by molar-refractivity contribution is 5.76. The van der Waals surface area contributed by atoms with Gasteiger partial charge in [-0.1, -0.05) is 70.4 Å². The van der Waals surface area contributed by atoms with Crippen LogP contribution in [0, 0.1) is 0 Å². The van der Waals surface area contributed by atoms with Crippen molar-refractivity contribution in [2.45, 2.75) is 127 Å². The van der Waals surface area contributed by atoms with Crippen LogP contribution in [0.25, 0.3) is 0 Å². The quantitative estimate of drug-likeness (QED) is 0.174. The second-order valence-corrected chi connectivity index (χ2v) is 8.65. The molecule has 7 nitrogen and oxygen atoms in total. The van der Waals surface area contributed by atoms with Crippen molar-refractivity contribution in [3.63, 3.8) is 0 Å². The molecule has 5 atom stereocenters. The number of carbonyl (C=O) groups excluding carboxylic acids is 1. The Morgan fingerprint density at radius 3 is 1.94 bits per heavy atom. The molecule has 0 aromatic rings. The number of rotatable bonds is 17. The van der Waals surface area contributed by atoms with E-state index in [4.69, 9.17) is 4.74 Å². The largest absolute Gasteiger partial charge is 0.394 e. The van der Waals surface area contributed by atoms with Crippen LogP contribution in [-0.4, -0.2) is 63.6 Å². The standard InChI is InChI=1S/C24H45NO6/c1-2-3-4-5-6-7-8-9-10-11-12-13-14-15-16-17-20(27)25-24-23(30)22(29)21(28)19(18-26)31-24/h9-10,19,21-24,26,28-30H,2-8,11-18H2,1H3,(H,25,27)/b10-9-/t19-,21-,22+,23-,24-/m0/s1. The van der Waals surface area contributed by atoms with Crippen molar-refractivity contribution in [2.24, 2.45) is 0 Å². The van der Waals surface area contributed by atoms with Crippen molar-refractivity contribution in [3.8, 4) is 0 Å². The molecule has 0 saturated carbocycles. The minimum absolute atomic E-state index is 0.276. The molecular weight excluding hydrogens is 398 g/mol. The fraction of sp³-hybridized carbons (Fsp3) is 0.875. The zero-order valence-electron chi connectivity index (χ0n) is 19.3. The summed E-state index contributed by atoms with van der Waals surface area (Å²) in [7, 11) is 0. The number of amides is 1. The average molecular weight is 444 g/mol. The number of hydrogen-bond donors (Lipinski definition) is 5. The number of aliphatic hydroxyl groups excluding tert-OH is 4. The predicted octanol–water partition coefficient (Wildman–Crippen LogP) is 2.94. The van der Waals surface area contributed by atoms with Gasteiger partial charge in [-0.05, 0) is 32.1 Å². The number of unbranched alkanes of at least 4 members (excludes halogenated alkanes) is 11. The van der Waals surface area contributed by atoms with E-state index in [9.17, 15) is 25.2 Å². The molecule has 1 aliphatic rings. The summed E-state index contributed by atoms with van der Waals surface area (Å²) in [6.07, 6.45) is 13.9. The van der Waals surface area contributed by atoms with Crippen molar-refractivity contribution < 1.29 is 30.0 Å². The second kappa shape index (κ2) is 17.6. The number of nitrogens with one attached hydrogen (secondary N) is 1. The van der Waals surface area contributed by atoms with Gasteiger partial charge in [-0.3, -0.25) is 4.79 Å². The van der Waals surface area contributed by atoms with E-state index in [2.05, 4.69) is 24.4 Å². The van der Waals surface area contributed by atoms with Crippen LogP contribution >= 0.6 is 0 Å². The van der Waals surface area contributed by atoms with E-state index >= 15 is 0 Å². The van der Waals surface area contributed by atoms with Gasteiger partial charge in [0, 0.05) is 6.42 Å². The van der Waals surface area contributed by atoms with Crippen molar-refractivity contribution in [3.05, 3.63) is 12.2 Å². The van der Waals surface area contributed by atoms with Crippen molar-refractivity contribution >= 4 is 5.91 Å². The van der Waals surface area contributed by atoms with Gasteiger partial charge in [0.2, 0.25) is 5.91 Å². The molecule has 0 aromatic carbocycles. The average Bonchev–Trinajstić information content (AvgIpc) is 2.76. The molecule has 0 aromatic heterocycles. The summed E-state index contributed by atoms with van der Waals surface area (Å²) < 4.78 is 5.28. The van der Waals surface area contributed by atoms with Crippen LogP contribution in [0.2, 0.25) is 0 Å². The van der Waals surface area contributed by atoms with Crippen LogP contribution in [-0.2, 0) is 9.53 Å². The Balaban J connectivity index is 1.99. The van der Waals surface area contributed by atoms with Crippen LogP contribution in [0.4, 0.5) is 0 Å². The zero-order valence-corrected chi connectivity index (χ0v) is 19.3. The van der Waals surface area contributed by atoms with Gasteiger partial charge >= 0.3 is 0 Å². The van der Waals surface area contributed by atoms with Crippen LogP contribution < -0.4 is 5.32 Å². The first-order valence-electron chi connectivity index (χ1n) is 12.3. The molecule has 31 heavy (non-hydrogen) atoms. The Bertz CT molecular complexity index is 485. The summed E-state index contributed by atoms with van der Waals surface area (Å²) in [5.74, 6) is -0.276. The predicted molar refractivity (Wildman–Crippen MR) is 121 cm³/mol. The lowest BCUT2D eigenvalue weighted by Gasteiger charge is -2.40. The van der Waals surface area contributed by atoms with Gasteiger partial charge in [0.25, 0.3) is 0 Å². The molecule has 1 heterocycles. The van der Waals surface area contributed by atoms with E-state index in [1.807, 2.05) is 0 Å². The highest BCUT2D eigenvalue weighted by Crippen LogP contribution is 2.20. The highest BCUT2D eigenvalue weighted by Gasteiger charge is 2.43. The summed E-state index contributed by atoms with van der Waals surface area (Å²) in [6.45, 7) is 1.74. The van der Waals surface area contributed by atoms with E-state index in [0.29, 0.717) is 6.42 Å². The normalized spacial score (nSPS) is 26.4. The fourth-order valence-corrected chi connectivity index (χ4v) is 3.81. The highest BCUT2D eigenvalue weighted by atomic mass is 16.6. The van der Waals surface area contributed by atoms with Crippen LogP contribution in [0.3, 0.4) is 0 Å². The molecule has 1 saturated heterocycles. The monoisotopic (exact) mass is 443 g/mol. The van der Waals surface area contributed by atoms with Crippen molar-refractivity contribution in [1.29, 1.82) is 0 Å². The lowest BCUT2D eigenvalue weighted by atomic mass is 9.98. The molecule has 1 amide bonds. The zero-order chi connectivity index (χ0) is 22.9. The molecule has 0 unspecified atom stereocenters. The summed E-state index contributed by atoms with van der Waals surface area (Å²) in [5.41, 5.74) is 0. The van der Waals surface area contributed by atoms with Crippen LogP contribution in [0.15, 0.2) is 12.2 Å². The molecular formula is C24H45NO6. The smallest absolute Gasteiger partial charge is 0.222 e. The molecule has 7 heteroatoms. The maximum Gasteiger partial charge on any atom is 0.222 e. The molecule has 0 radical (unpaired) electrons. The van der Waals surface area contributed by atoms with Gasteiger partial charge < -0.3 is 30.5 Å². The summed E-state index contributed by atoms with van der Waals surface area (Å²) >= 11 is 0. The topological polar surface area (TPSA) is 119 Å². The lowest BCUT2D eigenvalue weighted by molar-refractivity contribution is -0.236. The number of carbonyl (C=O) groups is 1. The second-order valence-electron chi connectivity index (χ2n) is 8.65. The van der Waals surface area contributed by atoms with Crippen LogP contribution in [0.1, 0.15) is 96.8 Å². The molecule has 0 aliphatic carbocycles. The molecule has 5 N–H and O–H groups in total. The van der Waals surface area contributed by atoms with Gasteiger partial charge in [-0.25, -0.2) is 0 Å². The molecule has 1 fully saturated rings. The summed E-state index contributed by atoms with van der Waals surface area (Å²) in [4.78, 5) is 12.1. The molecule has 0 bridgehead atoms. The molecule has 1 rings (SSSR count). The number of hydrogen-bond acceptors (Lipinski definition) is 6. The number of aliphatic hydroxyl groups is 4. The van der Waals surface area contributed by atoms with E-state index < -0.39 is 37.3 Å². The lowest BCUT2D eigenvalue weighted by Crippen LogP contribution is -2.63. The van der Waals surface area contributed by atoms with E-state index in [0.717, 1.165) is 32.1 Å². The summed E-state index contributed by atoms with van der Waals surface area (Å²) in [6, 6.07) is 0. The number of ether oxygens (including phenoxy) is 1. The Morgan fingerprint density at radius 1 is 0.806 bits per heavy atom. The van der Waals surface area contributed by atoms with E-state index in [1.165, 1.54) is 51.4 Å². The van der Waals surface area contributed by atoms with Gasteiger partial charge in [0.05, 0.1) is 6.61 Å². The van der Waals surface area contributed by atoms with Crippen molar-refractivity contribution in [2.75, 3.05) is 6.61 Å². The first-order chi connectivity index (χ1) is 15.0. The van der Waals surface area contributed by atoms with Crippen molar-refractivity contribution in [1.82, 2.24) is 5.32 Å². The fourth-order valence-electron chi connectivity index (χ4n) is 3.81. The molecule has 1 aliphatic heterocycles. The van der Waals surface area contributed by atoms with Gasteiger partial charge in [-0.2, -0.15) is 0 Å². The maximum atomic E-state index is 12.1. The molecule has 0 spiro atoms. The molecule has 182 valence electrons. The van der Waals surface area contributed by atoms with Crippen LogP contribution in [0.5, 0.6) is 0 Å². The first-order valence-corrected chi connectivity index (χ1v) is 12.3. The third-order valence-corrected chi connectivity index (χ3v) is 5.86. The SMILES string of the molecule is CCCCCCCC/C=C\CCCCCCCC(=O)N[C@H]1O[C@@H](CO)[C@H](O)[C@@H](O)[C@@H]1O. The Morgan fingerprint density at radius 2 is 1.35 bits per heavy atom. The number of allylic oxidation sites excluding steroid dienone is 2. The maximum absolute atomic E-state index is 12.1. The Hall–Kier alpha value is -0.990. The minimum atomic E-state index is -1.48. The third kappa shape index (κ3) is 12.0. The van der Waals surface area contributed by atoms with E-state index in [1.54, 1.807) is 0 Å². The first kappa shape index (κ1) is 28.0. The third-order valence-electron chi connectivity index (χ3n) is 5.86.